The first kappa shape index (κ1) is 20.9. The topological polar surface area (TPSA) is 102 Å². The van der Waals surface area contributed by atoms with Crippen LogP contribution in [0.15, 0.2) is 47.4 Å². The molecule has 0 radical (unpaired) electrons. The van der Waals surface area contributed by atoms with E-state index in [0.717, 1.165) is 16.4 Å². The molecule has 0 saturated carbocycles. The van der Waals surface area contributed by atoms with Gasteiger partial charge in [-0.15, -0.1) is 0 Å². The van der Waals surface area contributed by atoms with Gasteiger partial charge in [0, 0.05) is 24.3 Å². The van der Waals surface area contributed by atoms with Crippen molar-refractivity contribution in [3.05, 3.63) is 59.4 Å². The van der Waals surface area contributed by atoms with E-state index in [1.807, 2.05) is 0 Å². The van der Waals surface area contributed by atoms with Gasteiger partial charge >= 0.3 is 5.97 Å². The van der Waals surface area contributed by atoms with Crippen molar-refractivity contribution in [1.29, 1.82) is 0 Å². The largest absolute Gasteiger partial charge is 0.465 e. The number of anilines is 1. The summed E-state index contributed by atoms with van der Waals surface area (Å²) in [4.78, 5) is 23.4. The van der Waals surface area contributed by atoms with Crippen molar-refractivity contribution < 1.29 is 31.9 Å². The predicted molar refractivity (Wildman–Crippen MR) is 102 cm³/mol. The summed E-state index contributed by atoms with van der Waals surface area (Å²) in [5, 5.41) is 2.58. The quantitative estimate of drug-likeness (QED) is 0.739. The molecule has 10 heteroatoms. The minimum absolute atomic E-state index is 0.0183. The van der Waals surface area contributed by atoms with Crippen LogP contribution in [0.5, 0.6) is 0 Å². The third-order valence-electron chi connectivity index (χ3n) is 4.35. The minimum Gasteiger partial charge on any atom is -0.465 e. The Labute approximate surface area is 167 Å². The van der Waals surface area contributed by atoms with E-state index in [0.29, 0.717) is 11.3 Å². The van der Waals surface area contributed by atoms with Crippen molar-refractivity contribution >= 4 is 27.6 Å². The van der Waals surface area contributed by atoms with Crippen LogP contribution in [0.4, 0.5) is 10.1 Å². The molecule has 1 aliphatic heterocycles. The second kappa shape index (κ2) is 8.68. The molecule has 2 aromatic rings. The first-order valence-electron chi connectivity index (χ1n) is 8.70. The average molecular weight is 422 g/mol. The van der Waals surface area contributed by atoms with Crippen molar-refractivity contribution in [2.24, 2.45) is 0 Å². The molecule has 0 aliphatic carbocycles. The SMILES string of the molecule is COC(=O)c1ccc(NC(=O)c2ccc(F)c(S(=O)(=O)N3CCOCC3)c2)cc1. The van der Waals surface area contributed by atoms with E-state index in [1.54, 1.807) is 0 Å². The van der Waals surface area contributed by atoms with E-state index in [4.69, 9.17) is 4.74 Å². The molecule has 0 atom stereocenters. The molecule has 2 aromatic carbocycles. The fourth-order valence-corrected chi connectivity index (χ4v) is 4.28. The molecule has 1 amide bonds. The van der Waals surface area contributed by atoms with Crippen molar-refractivity contribution in [2.45, 2.75) is 4.90 Å². The summed E-state index contributed by atoms with van der Waals surface area (Å²) in [5.41, 5.74) is 0.672. The Hall–Kier alpha value is -2.82. The summed E-state index contributed by atoms with van der Waals surface area (Å²) in [7, 11) is -2.83. The van der Waals surface area contributed by atoms with Crippen molar-refractivity contribution in [3.63, 3.8) is 0 Å². The van der Waals surface area contributed by atoms with Gasteiger partial charge in [0.15, 0.2) is 0 Å². The monoisotopic (exact) mass is 422 g/mol. The molecule has 1 heterocycles. The third kappa shape index (κ3) is 4.61. The number of morpholine rings is 1. The van der Waals surface area contributed by atoms with Crippen molar-refractivity contribution in [2.75, 3.05) is 38.7 Å². The van der Waals surface area contributed by atoms with E-state index in [1.165, 1.54) is 37.4 Å². The van der Waals surface area contributed by atoms with E-state index in [-0.39, 0.29) is 31.9 Å². The lowest BCUT2D eigenvalue weighted by Crippen LogP contribution is -2.41. The molecular formula is C19H19FN2O6S. The number of ether oxygens (including phenoxy) is 2. The smallest absolute Gasteiger partial charge is 0.337 e. The number of benzene rings is 2. The summed E-state index contributed by atoms with van der Waals surface area (Å²) < 4.78 is 50.6. The number of nitrogens with one attached hydrogen (secondary N) is 1. The van der Waals surface area contributed by atoms with Gasteiger partial charge < -0.3 is 14.8 Å². The molecule has 0 unspecified atom stereocenters. The van der Waals surface area contributed by atoms with E-state index in [9.17, 15) is 22.4 Å². The van der Waals surface area contributed by atoms with Crippen LogP contribution >= 0.6 is 0 Å². The second-order valence-electron chi connectivity index (χ2n) is 6.18. The molecule has 1 saturated heterocycles. The van der Waals surface area contributed by atoms with Crippen LogP contribution in [0.2, 0.25) is 0 Å². The van der Waals surface area contributed by atoms with Crippen LogP contribution < -0.4 is 5.32 Å². The third-order valence-corrected chi connectivity index (χ3v) is 6.26. The molecule has 1 fully saturated rings. The number of hydrogen-bond donors (Lipinski definition) is 1. The highest BCUT2D eigenvalue weighted by Crippen LogP contribution is 2.22. The lowest BCUT2D eigenvalue weighted by atomic mass is 10.2. The highest BCUT2D eigenvalue weighted by Gasteiger charge is 2.29. The van der Waals surface area contributed by atoms with Gasteiger partial charge in [-0.2, -0.15) is 4.31 Å². The van der Waals surface area contributed by atoms with Crippen LogP contribution in [-0.2, 0) is 19.5 Å². The van der Waals surface area contributed by atoms with Crippen LogP contribution in [0.1, 0.15) is 20.7 Å². The highest BCUT2D eigenvalue weighted by molar-refractivity contribution is 7.89. The Morgan fingerprint density at radius 1 is 1.07 bits per heavy atom. The Morgan fingerprint density at radius 2 is 1.69 bits per heavy atom. The zero-order valence-electron chi connectivity index (χ0n) is 15.6. The van der Waals surface area contributed by atoms with Crippen LogP contribution in [0.3, 0.4) is 0 Å². The maximum atomic E-state index is 14.3. The van der Waals surface area contributed by atoms with E-state index >= 15 is 0 Å². The van der Waals surface area contributed by atoms with Crippen LogP contribution in [0, 0.1) is 5.82 Å². The molecule has 0 spiro atoms. The number of carbonyl (C=O) groups excluding carboxylic acids is 2. The summed E-state index contributed by atoms with van der Waals surface area (Å²) in [6.07, 6.45) is 0. The predicted octanol–water partition coefficient (Wildman–Crippen LogP) is 1.89. The summed E-state index contributed by atoms with van der Waals surface area (Å²) >= 11 is 0. The number of amides is 1. The maximum absolute atomic E-state index is 14.3. The highest BCUT2D eigenvalue weighted by atomic mass is 32.2. The number of esters is 1. The van der Waals surface area contributed by atoms with Crippen LogP contribution in [-0.4, -0.2) is 58.0 Å². The Bertz CT molecular complexity index is 1020. The fraction of sp³-hybridized carbons (Fsp3) is 0.263. The molecule has 1 N–H and O–H groups in total. The van der Waals surface area contributed by atoms with Gasteiger partial charge in [0.1, 0.15) is 10.7 Å². The van der Waals surface area contributed by atoms with Gasteiger partial charge in [-0.1, -0.05) is 0 Å². The molecule has 1 aliphatic rings. The minimum atomic E-state index is -4.09. The number of sulfonamides is 1. The molecule has 29 heavy (non-hydrogen) atoms. The van der Waals surface area contributed by atoms with E-state index < -0.39 is 32.6 Å². The summed E-state index contributed by atoms with van der Waals surface area (Å²) in [6, 6.07) is 9.10. The molecule has 8 nitrogen and oxygen atoms in total. The fourth-order valence-electron chi connectivity index (χ4n) is 2.78. The Morgan fingerprint density at radius 3 is 2.31 bits per heavy atom. The van der Waals surface area contributed by atoms with Crippen molar-refractivity contribution in [1.82, 2.24) is 4.31 Å². The number of hydrogen-bond acceptors (Lipinski definition) is 6. The maximum Gasteiger partial charge on any atom is 0.337 e. The molecule has 0 bridgehead atoms. The number of nitrogens with zero attached hydrogens (tertiary/aromatic N) is 1. The first-order valence-corrected chi connectivity index (χ1v) is 10.1. The molecule has 3 rings (SSSR count). The van der Waals surface area contributed by atoms with Gasteiger partial charge in [-0.05, 0) is 42.5 Å². The Balaban J connectivity index is 1.81. The zero-order chi connectivity index (χ0) is 21.0. The summed E-state index contributed by atoms with van der Waals surface area (Å²) in [5.74, 6) is -2.07. The number of halogens is 1. The van der Waals surface area contributed by atoms with Gasteiger partial charge in [0.05, 0.1) is 25.9 Å². The summed E-state index contributed by atoms with van der Waals surface area (Å²) in [6.45, 7) is 0.681. The number of carbonyl (C=O) groups is 2. The van der Waals surface area contributed by atoms with Gasteiger partial charge in [-0.25, -0.2) is 17.6 Å². The van der Waals surface area contributed by atoms with Gasteiger partial charge in [0.25, 0.3) is 5.91 Å². The number of methoxy groups -OCH3 is 1. The number of rotatable bonds is 5. The zero-order valence-corrected chi connectivity index (χ0v) is 16.4. The standard InChI is InChI=1S/C19H19FN2O6S/c1-27-19(24)13-2-5-15(6-3-13)21-18(23)14-4-7-16(20)17(12-14)29(25,26)22-8-10-28-11-9-22/h2-7,12H,8-11H2,1H3,(H,21,23). The van der Waals surface area contributed by atoms with Crippen LogP contribution in [0.25, 0.3) is 0 Å². The molecular weight excluding hydrogens is 403 g/mol. The molecule has 154 valence electrons. The van der Waals surface area contributed by atoms with E-state index in [2.05, 4.69) is 10.1 Å². The normalized spacial score (nSPS) is 15.0. The van der Waals surface area contributed by atoms with Crippen molar-refractivity contribution in [3.8, 4) is 0 Å². The van der Waals surface area contributed by atoms with Gasteiger partial charge in [0.2, 0.25) is 10.0 Å². The second-order valence-corrected chi connectivity index (χ2v) is 8.09. The average Bonchev–Trinajstić information content (AvgIpc) is 2.74. The lowest BCUT2D eigenvalue weighted by molar-refractivity contribution is 0.0600. The lowest BCUT2D eigenvalue weighted by Gasteiger charge is -2.26. The molecule has 0 aromatic heterocycles. The Kier molecular flexibility index (Phi) is 6.26. The van der Waals surface area contributed by atoms with Gasteiger partial charge in [-0.3, -0.25) is 4.79 Å². The first-order chi connectivity index (χ1) is 13.8.